The first-order chi connectivity index (χ1) is 9.98. The lowest BCUT2D eigenvalue weighted by molar-refractivity contribution is -0.152. The molecule has 2 aliphatic heterocycles. The van der Waals surface area contributed by atoms with Gasteiger partial charge in [0.05, 0.1) is 11.5 Å². The smallest absolute Gasteiger partial charge is 0.320 e. The number of aliphatic hydroxyl groups excluding tert-OH is 1. The second-order valence-electron chi connectivity index (χ2n) is 6.39. The number of rotatable bonds is 3. The van der Waals surface area contributed by atoms with E-state index in [-0.39, 0.29) is 6.03 Å². The highest BCUT2D eigenvalue weighted by molar-refractivity contribution is 5.79. The van der Waals surface area contributed by atoms with E-state index in [1.165, 1.54) is 0 Å². The number of likely N-dealkylation sites (tertiary alicyclic amines) is 2. The molecule has 0 spiro atoms. The van der Waals surface area contributed by atoms with E-state index >= 15 is 0 Å². The van der Waals surface area contributed by atoms with Crippen LogP contribution in [-0.4, -0.2) is 64.3 Å². The molecule has 2 rings (SSSR count). The van der Waals surface area contributed by atoms with E-state index in [9.17, 15) is 19.8 Å². The van der Waals surface area contributed by atoms with Gasteiger partial charge in [-0.3, -0.25) is 4.79 Å². The van der Waals surface area contributed by atoms with Crippen LogP contribution in [0.3, 0.4) is 0 Å². The Bertz CT molecular complexity index is 397. The standard InChI is InChI=1S/C15H26N2O4/c1-2-6-15(13(19)20)7-4-9-17(11-15)14(21)16-8-3-5-12(18)10-16/h12,18H,2-11H2,1H3,(H,19,20). The van der Waals surface area contributed by atoms with E-state index in [1.54, 1.807) is 9.80 Å². The van der Waals surface area contributed by atoms with Crippen LogP contribution in [0.5, 0.6) is 0 Å². The van der Waals surface area contributed by atoms with Crippen molar-refractivity contribution in [2.75, 3.05) is 26.2 Å². The molecule has 2 amide bonds. The third-order valence-electron chi connectivity index (χ3n) is 4.70. The average Bonchev–Trinajstić information content (AvgIpc) is 2.47. The number of carboxylic acids is 1. The lowest BCUT2D eigenvalue weighted by atomic mass is 9.76. The lowest BCUT2D eigenvalue weighted by Crippen LogP contribution is -2.55. The molecule has 2 N–H and O–H groups in total. The number of β-amino-alcohol motifs (C(OH)–C–C–N with tert-alkyl or cyclic N) is 1. The number of hydrogen-bond acceptors (Lipinski definition) is 3. The molecule has 21 heavy (non-hydrogen) atoms. The minimum absolute atomic E-state index is 0.116. The summed E-state index contributed by atoms with van der Waals surface area (Å²) in [5.74, 6) is -0.791. The molecule has 0 aromatic heterocycles. The van der Waals surface area contributed by atoms with Crippen molar-refractivity contribution in [1.29, 1.82) is 0 Å². The number of aliphatic carboxylic acids is 1. The number of aliphatic hydroxyl groups is 1. The molecule has 6 nitrogen and oxygen atoms in total. The van der Waals surface area contributed by atoms with Gasteiger partial charge in [0.2, 0.25) is 0 Å². The maximum absolute atomic E-state index is 12.6. The van der Waals surface area contributed by atoms with Gasteiger partial charge in [-0.1, -0.05) is 13.3 Å². The van der Waals surface area contributed by atoms with Crippen molar-refractivity contribution < 1.29 is 19.8 Å². The summed E-state index contributed by atoms with van der Waals surface area (Å²) in [4.78, 5) is 27.6. The summed E-state index contributed by atoms with van der Waals surface area (Å²) in [7, 11) is 0. The van der Waals surface area contributed by atoms with Crippen molar-refractivity contribution in [3.8, 4) is 0 Å². The Kier molecular flexibility index (Phi) is 5.08. The second kappa shape index (κ2) is 6.64. The van der Waals surface area contributed by atoms with Crippen LogP contribution < -0.4 is 0 Å². The molecule has 2 saturated heterocycles. The molecule has 0 aromatic rings. The summed E-state index contributed by atoms with van der Waals surface area (Å²) in [6, 6.07) is -0.116. The molecule has 0 aliphatic carbocycles. The van der Waals surface area contributed by atoms with Crippen molar-refractivity contribution >= 4 is 12.0 Å². The molecular formula is C15H26N2O4. The van der Waals surface area contributed by atoms with Crippen LogP contribution in [0.4, 0.5) is 4.79 Å². The Balaban J connectivity index is 2.05. The van der Waals surface area contributed by atoms with Gasteiger partial charge in [-0.15, -0.1) is 0 Å². The Hall–Kier alpha value is -1.30. The molecule has 2 unspecified atom stereocenters. The minimum atomic E-state index is -0.795. The highest BCUT2D eigenvalue weighted by atomic mass is 16.4. The number of urea groups is 1. The maximum Gasteiger partial charge on any atom is 0.320 e. The molecular weight excluding hydrogens is 272 g/mol. The monoisotopic (exact) mass is 298 g/mol. The molecule has 2 atom stereocenters. The van der Waals surface area contributed by atoms with Crippen molar-refractivity contribution in [2.24, 2.45) is 5.41 Å². The Labute approximate surface area is 125 Å². The summed E-state index contributed by atoms with van der Waals surface area (Å²) in [6.07, 6.45) is 3.87. The van der Waals surface area contributed by atoms with Crippen LogP contribution in [0, 0.1) is 5.41 Å². The molecule has 6 heteroatoms. The molecule has 120 valence electrons. The summed E-state index contributed by atoms with van der Waals surface area (Å²) >= 11 is 0. The van der Waals surface area contributed by atoms with Gasteiger partial charge in [-0.25, -0.2) is 4.79 Å². The van der Waals surface area contributed by atoms with Crippen molar-refractivity contribution in [2.45, 2.75) is 51.6 Å². The van der Waals surface area contributed by atoms with Crippen LogP contribution in [0.15, 0.2) is 0 Å². The topological polar surface area (TPSA) is 81.1 Å². The number of piperidine rings is 2. The van der Waals surface area contributed by atoms with Crippen molar-refractivity contribution in [1.82, 2.24) is 9.80 Å². The zero-order valence-electron chi connectivity index (χ0n) is 12.8. The Morgan fingerprint density at radius 2 is 1.95 bits per heavy atom. The van der Waals surface area contributed by atoms with Crippen LogP contribution in [0.25, 0.3) is 0 Å². The largest absolute Gasteiger partial charge is 0.481 e. The van der Waals surface area contributed by atoms with Gasteiger partial charge in [-0.05, 0) is 32.1 Å². The van der Waals surface area contributed by atoms with E-state index < -0.39 is 17.5 Å². The third kappa shape index (κ3) is 3.48. The van der Waals surface area contributed by atoms with Gasteiger partial charge in [0.15, 0.2) is 0 Å². The van der Waals surface area contributed by atoms with Crippen molar-refractivity contribution in [3.63, 3.8) is 0 Å². The maximum atomic E-state index is 12.6. The van der Waals surface area contributed by atoms with E-state index in [0.29, 0.717) is 39.0 Å². The molecule has 2 heterocycles. The second-order valence-corrected chi connectivity index (χ2v) is 6.39. The van der Waals surface area contributed by atoms with Crippen LogP contribution in [0.2, 0.25) is 0 Å². The van der Waals surface area contributed by atoms with E-state index in [1.807, 2.05) is 6.92 Å². The van der Waals surface area contributed by atoms with Crippen LogP contribution in [-0.2, 0) is 4.79 Å². The predicted molar refractivity (Wildman–Crippen MR) is 78.0 cm³/mol. The first kappa shape index (κ1) is 16.1. The first-order valence-corrected chi connectivity index (χ1v) is 7.94. The van der Waals surface area contributed by atoms with Gasteiger partial charge in [0, 0.05) is 26.2 Å². The van der Waals surface area contributed by atoms with Gasteiger partial charge >= 0.3 is 12.0 Å². The van der Waals surface area contributed by atoms with Gasteiger partial charge in [0.25, 0.3) is 0 Å². The zero-order chi connectivity index (χ0) is 15.5. The van der Waals surface area contributed by atoms with E-state index in [2.05, 4.69) is 0 Å². The zero-order valence-corrected chi connectivity index (χ0v) is 12.8. The summed E-state index contributed by atoms with van der Waals surface area (Å²) in [5.41, 5.74) is -0.795. The Morgan fingerprint density at radius 3 is 2.57 bits per heavy atom. The molecule has 0 bridgehead atoms. The van der Waals surface area contributed by atoms with Crippen LogP contribution >= 0.6 is 0 Å². The average molecular weight is 298 g/mol. The van der Waals surface area contributed by atoms with E-state index in [4.69, 9.17) is 0 Å². The lowest BCUT2D eigenvalue weighted by Gasteiger charge is -2.42. The molecule has 0 aromatic carbocycles. The number of carboxylic acid groups (broad SMARTS) is 1. The minimum Gasteiger partial charge on any atom is -0.481 e. The van der Waals surface area contributed by atoms with Gasteiger partial charge < -0.3 is 20.0 Å². The predicted octanol–water partition coefficient (Wildman–Crippen LogP) is 1.53. The fraction of sp³-hybridized carbons (Fsp3) is 0.867. The highest BCUT2D eigenvalue weighted by Crippen LogP contribution is 2.35. The number of nitrogens with zero attached hydrogens (tertiary/aromatic N) is 2. The number of hydrogen-bond donors (Lipinski definition) is 2. The third-order valence-corrected chi connectivity index (χ3v) is 4.70. The molecule has 0 saturated carbocycles. The number of carbonyl (C=O) groups is 2. The van der Waals surface area contributed by atoms with E-state index in [0.717, 1.165) is 25.7 Å². The fourth-order valence-corrected chi connectivity index (χ4v) is 3.59. The SMILES string of the molecule is CCCC1(C(=O)O)CCCN(C(=O)N2CCCC(O)C2)C1. The number of carbonyl (C=O) groups excluding carboxylic acids is 1. The summed E-state index contributed by atoms with van der Waals surface area (Å²) in [5, 5.41) is 19.3. The summed E-state index contributed by atoms with van der Waals surface area (Å²) < 4.78 is 0. The van der Waals surface area contributed by atoms with Gasteiger partial charge in [-0.2, -0.15) is 0 Å². The highest BCUT2D eigenvalue weighted by Gasteiger charge is 2.43. The normalized spacial score (nSPS) is 30.3. The van der Waals surface area contributed by atoms with Crippen molar-refractivity contribution in [3.05, 3.63) is 0 Å². The quantitative estimate of drug-likeness (QED) is 0.828. The Morgan fingerprint density at radius 1 is 1.24 bits per heavy atom. The molecule has 0 radical (unpaired) electrons. The summed E-state index contributed by atoms with van der Waals surface area (Å²) in [6.45, 7) is 3.90. The fourth-order valence-electron chi connectivity index (χ4n) is 3.59. The molecule has 2 aliphatic rings. The van der Waals surface area contributed by atoms with Gasteiger partial charge in [0.1, 0.15) is 0 Å². The first-order valence-electron chi connectivity index (χ1n) is 7.94. The number of amides is 2. The molecule has 2 fully saturated rings. The van der Waals surface area contributed by atoms with Crippen LogP contribution in [0.1, 0.15) is 45.4 Å².